The van der Waals surface area contributed by atoms with Crippen molar-refractivity contribution >= 4 is 0 Å². The molecule has 3 rings (SSSR count). The zero-order valence-electron chi connectivity index (χ0n) is 11.2. The number of benzene rings is 2. The highest BCUT2D eigenvalue weighted by Crippen LogP contribution is 2.32. The predicted molar refractivity (Wildman–Crippen MR) is 77.2 cm³/mol. The molecule has 0 bridgehead atoms. The Bertz CT molecular complexity index is 592. The maximum Gasteiger partial charge on any atom is 0.120 e. The van der Waals surface area contributed by atoms with Crippen molar-refractivity contribution < 1.29 is 4.74 Å². The van der Waals surface area contributed by atoms with Gasteiger partial charge in [-0.15, -0.1) is 0 Å². The fourth-order valence-corrected chi connectivity index (χ4v) is 2.65. The Hall–Kier alpha value is -1.80. The molecule has 0 aliphatic heterocycles. The molecule has 2 heteroatoms. The van der Waals surface area contributed by atoms with Crippen LogP contribution in [0.25, 0.3) is 0 Å². The van der Waals surface area contributed by atoms with Crippen molar-refractivity contribution in [3.8, 4) is 5.75 Å². The topological polar surface area (TPSA) is 35.2 Å². The fourth-order valence-electron chi connectivity index (χ4n) is 2.65. The Labute approximate surface area is 114 Å². The smallest absolute Gasteiger partial charge is 0.120 e. The standard InChI is InChI=1S/C17H19NO/c1-12-4-2-3-5-14(12)11-19-15-7-8-16-13(10-15)6-9-17(16)18/h2-5,7-8,10,17H,6,9,11,18H2,1H3. The van der Waals surface area contributed by atoms with Crippen LogP contribution >= 0.6 is 0 Å². The SMILES string of the molecule is Cc1ccccc1COc1ccc2c(c1)CCC2N. The van der Waals surface area contributed by atoms with E-state index in [2.05, 4.69) is 37.3 Å². The Morgan fingerprint density at radius 1 is 1.21 bits per heavy atom. The lowest BCUT2D eigenvalue weighted by atomic mass is 10.1. The minimum atomic E-state index is 0.209. The van der Waals surface area contributed by atoms with Crippen LogP contribution in [-0.2, 0) is 13.0 Å². The van der Waals surface area contributed by atoms with Gasteiger partial charge >= 0.3 is 0 Å². The molecule has 1 aliphatic rings. The molecule has 0 spiro atoms. The second kappa shape index (κ2) is 5.06. The van der Waals surface area contributed by atoms with Crippen LogP contribution in [0.3, 0.4) is 0 Å². The summed E-state index contributed by atoms with van der Waals surface area (Å²) in [6.45, 7) is 2.73. The molecule has 2 aromatic carbocycles. The molecule has 0 saturated heterocycles. The fraction of sp³-hybridized carbons (Fsp3) is 0.294. The van der Waals surface area contributed by atoms with Crippen molar-refractivity contribution in [2.24, 2.45) is 5.73 Å². The maximum atomic E-state index is 6.04. The van der Waals surface area contributed by atoms with Crippen molar-refractivity contribution in [3.63, 3.8) is 0 Å². The van der Waals surface area contributed by atoms with E-state index in [1.165, 1.54) is 22.3 Å². The lowest BCUT2D eigenvalue weighted by Gasteiger charge is -2.10. The first-order valence-corrected chi connectivity index (χ1v) is 6.80. The molecule has 0 fully saturated rings. The van der Waals surface area contributed by atoms with Gasteiger partial charge in [-0.1, -0.05) is 30.3 Å². The first kappa shape index (κ1) is 12.2. The van der Waals surface area contributed by atoms with Gasteiger partial charge < -0.3 is 10.5 Å². The zero-order chi connectivity index (χ0) is 13.2. The number of aryl methyl sites for hydroxylation is 2. The van der Waals surface area contributed by atoms with E-state index >= 15 is 0 Å². The summed E-state index contributed by atoms with van der Waals surface area (Å²) in [6.07, 6.45) is 2.12. The van der Waals surface area contributed by atoms with E-state index in [0.29, 0.717) is 6.61 Å². The van der Waals surface area contributed by atoms with Crippen LogP contribution in [0, 0.1) is 6.92 Å². The van der Waals surface area contributed by atoms with Crippen molar-refractivity contribution in [2.45, 2.75) is 32.4 Å². The van der Waals surface area contributed by atoms with E-state index in [-0.39, 0.29) is 6.04 Å². The van der Waals surface area contributed by atoms with Gasteiger partial charge in [0.05, 0.1) is 0 Å². The quantitative estimate of drug-likeness (QED) is 0.908. The molecule has 0 radical (unpaired) electrons. The number of fused-ring (bicyclic) bond motifs is 1. The summed E-state index contributed by atoms with van der Waals surface area (Å²) in [5, 5.41) is 0. The van der Waals surface area contributed by atoms with Crippen molar-refractivity contribution in [1.29, 1.82) is 0 Å². The third kappa shape index (κ3) is 2.49. The molecule has 0 amide bonds. The lowest BCUT2D eigenvalue weighted by molar-refractivity contribution is 0.305. The summed E-state index contributed by atoms with van der Waals surface area (Å²) in [5.74, 6) is 0.941. The Morgan fingerprint density at radius 2 is 2.05 bits per heavy atom. The van der Waals surface area contributed by atoms with Crippen LogP contribution in [-0.4, -0.2) is 0 Å². The maximum absolute atomic E-state index is 6.04. The van der Waals surface area contributed by atoms with Crippen LogP contribution in [0.1, 0.15) is 34.7 Å². The second-order valence-electron chi connectivity index (χ2n) is 5.22. The van der Waals surface area contributed by atoms with Gasteiger partial charge in [-0.2, -0.15) is 0 Å². The molecular formula is C17H19NO. The lowest BCUT2D eigenvalue weighted by Crippen LogP contribution is -2.05. The highest BCUT2D eigenvalue weighted by molar-refractivity contribution is 5.40. The zero-order valence-corrected chi connectivity index (χ0v) is 11.2. The highest BCUT2D eigenvalue weighted by Gasteiger charge is 2.19. The molecule has 1 unspecified atom stereocenters. The van der Waals surface area contributed by atoms with Crippen LogP contribution < -0.4 is 10.5 Å². The summed E-state index contributed by atoms with van der Waals surface area (Å²) in [6, 6.07) is 14.8. The van der Waals surface area contributed by atoms with E-state index in [1.54, 1.807) is 0 Å². The summed E-state index contributed by atoms with van der Waals surface area (Å²) in [5.41, 5.74) is 11.2. The Kier molecular flexibility index (Phi) is 3.26. The van der Waals surface area contributed by atoms with Gasteiger partial charge in [0.15, 0.2) is 0 Å². The Morgan fingerprint density at radius 3 is 2.89 bits per heavy atom. The second-order valence-corrected chi connectivity index (χ2v) is 5.22. The molecule has 2 nitrogen and oxygen atoms in total. The van der Waals surface area contributed by atoms with Crippen molar-refractivity contribution in [2.75, 3.05) is 0 Å². The van der Waals surface area contributed by atoms with E-state index in [4.69, 9.17) is 10.5 Å². The van der Waals surface area contributed by atoms with Gasteiger partial charge in [-0.3, -0.25) is 0 Å². The molecule has 19 heavy (non-hydrogen) atoms. The average molecular weight is 253 g/mol. The number of nitrogens with two attached hydrogens (primary N) is 1. The molecule has 0 heterocycles. The first-order valence-electron chi connectivity index (χ1n) is 6.80. The van der Waals surface area contributed by atoms with Crippen LogP contribution in [0.2, 0.25) is 0 Å². The monoisotopic (exact) mass is 253 g/mol. The summed E-state index contributed by atoms with van der Waals surface area (Å²) in [4.78, 5) is 0. The minimum absolute atomic E-state index is 0.209. The first-order chi connectivity index (χ1) is 9.24. The predicted octanol–water partition coefficient (Wildman–Crippen LogP) is 3.52. The van der Waals surface area contributed by atoms with E-state index in [9.17, 15) is 0 Å². The number of hydrogen-bond acceptors (Lipinski definition) is 2. The molecular weight excluding hydrogens is 234 g/mol. The van der Waals surface area contributed by atoms with Crippen molar-refractivity contribution in [3.05, 3.63) is 64.7 Å². The molecule has 2 aromatic rings. The van der Waals surface area contributed by atoms with Gasteiger partial charge in [-0.05, 0) is 54.2 Å². The van der Waals surface area contributed by atoms with Crippen LogP contribution in [0.5, 0.6) is 5.75 Å². The van der Waals surface area contributed by atoms with Gasteiger partial charge in [0.1, 0.15) is 12.4 Å². The van der Waals surface area contributed by atoms with Gasteiger partial charge in [0.25, 0.3) is 0 Å². The number of hydrogen-bond donors (Lipinski definition) is 1. The highest BCUT2D eigenvalue weighted by atomic mass is 16.5. The van der Waals surface area contributed by atoms with E-state index in [1.807, 2.05) is 12.1 Å². The summed E-state index contributed by atoms with van der Waals surface area (Å²) >= 11 is 0. The number of rotatable bonds is 3. The third-order valence-corrected chi connectivity index (χ3v) is 3.89. The van der Waals surface area contributed by atoms with Crippen molar-refractivity contribution in [1.82, 2.24) is 0 Å². The largest absolute Gasteiger partial charge is 0.489 e. The van der Waals surface area contributed by atoms with Gasteiger partial charge in [0, 0.05) is 6.04 Å². The summed E-state index contributed by atoms with van der Waals surface area (Å²) in [7, 11) is 0. The number of ether oxygens (including phenoxy) is 1. The van der Waals surface area contributed by atoms with Crippen LogP contribution in [0.15, 0.2) is 42.5 Å². The Balaban J connectivity index is 1.73. The molecule has 2 N–H and O–H groups in total. The van der Waals surface area contributed by atoms with E-state index < -0.39 is 0 Å². The van der Waals surface area contributed by atoms with Gasteiger partial charge in [0.2, 0.25) is 0 Å². The van der Waals surface area contributed by atoms with Crippen LogP contribution in [0.4, 0.5) is 0 Å². The molecule has 0 aromatic heterocycles. The normalized spacial score (nSPS) is 17.3. The molecule has 98 valence electrons. The molecule has 1 atom stereocenters. The third-order valence-electron chi connectivity index (χ3n) is 3.89. The molecule has 0 saturated carbocycles. The van der Waals surface area contributed by atoms with E-state index in [0.717, 1.165) is 18.6 Å². The average Bonchev–Trinajstić information content (AvgIpc) is 2.79. The summed E-state index contributed by atoms with van der Waals surface area (Å²) < 4.78 is 5.89. The van der Waals surface area contributed by atoms with Gasteiger partial charge in [-0.25, -0.2) is 0 Å². The molecule has 1 aliphatic carbocycles. The minimum Gasteiger partial charge on any atom is -0.489 e.